The van der Waals surface area contributed by atoms with E-state index in [4.69, 9.17) is 20.6 Å². The van der Waals surface area contributed by atoms with Gasteiger partial charge in [-0.2, -0.15) is 0 Å². The molecule has 6 rings (SSSR count). The Hall–Kier alpha value is -3.21. The molecule has 0 radical (unpaired) electrons. The summed E-state index contributed by atoms with van der Waals surface area (Å²) >= 11 is 0. The number of ether oxygens (including phenoxy) is 2. The number of carbonyl (C=O) groups is 1. The van der Waals surface area contributed by atoms with E-state index >= 15 is 8.78 Å². The zero-order valence-corrected chi connectivity index (χ0v) is 23.4. The van der Waals surface area contributed by atoms with Crippen LogP contribution in [-0.2, 0) is 14.3 Å². The zero-order chi connectivity index (χ0) is 28.9. The molecule has 218 valence electrons. The second-order valence-corrected chi connectivity index (χ2v) is 12.0. The summed E-state index contributed by atoms with van der Waals surface area (Å²) in [5, 5.41) is 12.2. The van der Waals surface area contributed by atoms with E-state index in [-0.39, 0.29) is 36.0 Å². The quantitative estimate of drug-likeness (QED) is 0.325. The molecule has 2 aliphatic carbocycles. The number of nitrogens with zero attached hydrogens (tertiary/aromatic N) is 2. The molecule has 1 aromatic rings. The first-order valence-electron chi connectivity index (χ1n) is 14.4. The number of methoxy groups -OCH3 is 1. The molecule has 3 fully saturated rings. The van der Waals surface area contributed by atoms with Crippen LogP contribution in [0.1, 0.15) is 44.2 Å². The third-order valence-electron chi connectivity index (χ3n) is 9.37. The highest BCUT2D eigenvalue weighted by Gasteiger charge is 2.58. The maximum atomic E-state index is 15.0. The Morgan fingerprint density at radius 2 is 2.05 bits per heavy atom. The van der Waals surface area contributed by atoms with E-state index in [0.717, 1.165) is 25.7 Å². The van der Waals surface area contributed by atoms with E-state index < -0.39 is 34.8 Å². The molecule has 0 bridgehead atoms. The van der Waals surface area contributed by atoms with Gasteiger partial charge in [0.1, 0.15) is 18.2 Å². The van der Waals surface area contributed by atoms with Gasteiger partial charge in [-0.25, -0.2) is 8.78 Å². The van der Waals surface area contributed by atoms with Gasteiger partial charge in [0.15, 0.2) is 0 Å². The third-order valence-corrected chi connectivity index (χ3v) is 9.37. The lowest BCUT2D eigenvalue weighted by molar-refractivity contribution is -0.125. The van der Waals surface area contributed by atoms with Crippen molar-refractivity contribution in [2.75, 3.05) is 26.8 Å². The Bertz CT molecular complexity index is 1350. The molecular weight excluding hydrogens is 528 g/mol. The number of fused-ring (bicyclic) bond motifs is 1. The molecule has 1 aromatic carbocycles. The average molecular weight is 566 g/mol. The largest absolute Gasteiger partial charge is 0.398 e. The summed E-state index contributed by atoms with van der Waals surface area (Å²) in [4.78, 5) is 19.9. The van der Waals surface area contributed by atoms with Crippen LogP contribution in [0.4, 0.5) is 8.78 Å². The number of hydrogen-bond donors (Lipinski definition) is 3. The number of allylic oxidation sites excluding steroid dienone is 3. The highest BCUT2D eigenvalue weighted by Crippen LogP contribution is 2.57. The van der Waals surface area contributed by atoms with Crippen LogP contribution in [0.15, 0.2) is 58.9 Å². The molecule has 3 heterocycles. The van der Waals surface area contributed by atoms with Gasteiger partial charge in [0.2, 0.25) is 11.7 Å². The van der Waals surface area contributed by atoms with Gasteiger partial charge in [-0.05, 0) is 43.9 Å². The summed E-state index contributed by atoms with van der Waals surface area (Å²) in [7, 11) is 1.49. The fourth-order valence-electron chi connectivity index (χ4n) is 6.81. The Kier molecular flexibility index (Phi) is 7.20. The lowest BCUT2D eigenvalue weighted by Crippen LogP contribution is -2.49. The van der Waals surface area contributed by atoms with Crippen LogP contribution in [0.5, 0.6) is 0 Å². The summed E-state index contributed by atoms with van der Waals surface area (Å²) < 4.78 is 41.4. The number of nitrogens with two attached hydrogens (primary N) is 1. The Morgan fingerprint density at radius 3 is 2.73 bits per heavy atom. The average Bonchev–Trinajstić information content (AvgIpc) is 3.86. The van der Waals surface area contributed by atoms with Crippen molar-refractivity contribution in [1.82, 2.24) is 10.2 Å². The smallest absolute Gasteiger partial charge is 0.227 e. The number of carbonyl (C=O) groups excluding carboxylic acids is 1. The van der Waals surface area contributed by atoms with Crippen LogP contribution in [0, 0.1) is 40.2 Å². The van der Waals surface area contributed by atoms with Crippen molar-refractivity contribution >= 4 is 17.8 Å². The maximum absolute atomic E-state index is 15.0. The fourth-order valence-corrected chi connectivity index (χ4v) is 6.81. The predicted molar refractivity (Wildman–Crippen MR) is 151 cm³/mol. The number of rotatable bonds is 8. The van der Waals surface area contributed by atoms with E-state index in [9.17, 15) is 4.79 Å². The number of halogens is 2. The number of aliphatic imine (C=N–C) groups is 1. The minimum atomic E-state index is -1.14. The third kappa shape index (κ3) is 4.96. The fraction of sp³-hybridized carbons (Fsp3) is 0.516. The molecule has 4 N–H and O–H groups in total. The first kappa shape index (κ1) is 27.9. The molecule has 8 nitrogen and oxygen atoms in total. The van der Waals surface area contributed by atoms with Crippen LogP contribution in [0.3, 0.4) is 0 Å². The molecule has 7 atom stereocenters. The summed E-state index contributed by atoms with van der Waals surface area (Å²) in [6, 6.07) is 2.80. The van der Waals surface area contributed by atoms with Crippen LogP contribution in [0.25, 0.3) is 0 Å². The van der Waals surface area contributed by atoms with Crippen molar-refractivity contribution in [3.8, 4) is 0 Å². The van der Waals surface area contributed by atoms with Crippen molar-refractivity contribution < 1.29 is 23.0 Å². The van der Waals surface area contributed by atoms with Crippen LogP contribution >= 0.6 is 0 Å². The van der Waals surface area contributed by atoms with Gasteiger partial charge in [-0.15, -0.1) is 0 Å². The van der Waals surface area contributed by atoms with Crippen molar-refractivity contribution in [2.45, 2.75) is 50.5 Å². The molecule has 2 saturated heterocycles. The minimum absolute atomic E-state index is 0.0778. The van der Waals surface area contributed by atoms with Crippen LogP contribution in [0.2, 0.25) is 0 Å². The van der Waals surface area contributed by atoms with E-state index in [1.165, 1.54) is 25.3 Å². The molecule has 0 aromatic heterocycles. The topological polar surface area (TPSA) is 116 Å². The number of hydrogen-bond acceptors (Lipinski definition) is 7. The van der Waals surface area contributed by atoms with Gasteiger partial charge in [-0.3, -0.25) is 14.7 Å². The zero-order valence-electron chi connectivity index (χ0n) is 23.4. The summed E-state index contributed by atoms with van der Waals surface area (Å²) in [6.45, 7) is 3.15. The maximum Gasteiger partial charge on any atom is 0.227 e. The standard InChI is InChI=1S/C31H37F2N5O3/c1-18-12-25(34)22(27(35)30-9-10-36-15-19(30)14-30)13-21(18)29(39)37-20-6-3-4-11-38(16-20)28(31(40-2)17-41-31)26-23(32)7-5-8-24(26)33/h5,7-10,12-13,15,18-21,28,35H,3-4,6,11,14,16-17,34H2,1-2H3,(H,37,39)/t18?,19?,20-,21?,28?,30?,31?/m1/s1. The Labute approximate surface area is 238 Å². The molecule has 5 aliphatic rings. The minimum Gasteiger partial charge on any atom is -0.398 e. The predicted octanol–water partition coefficient (Wildman–Crippen LogP) is 4.01. The molecule has 0 spiro atoms. The number of likely N-dealkylation sites (tertiary alicyclic amines) is 1. The molecule has 1 saturated carbocycles. The van der Waals surface area contributed by atoms with Crippen molar-refractivity contribution in [3.05, 3.63) is 71.1 Å². The molecule has 3 aliphatic heterocycles. The van der Waals surface area contributed by atoms with Gasteiger partial charge >= 0.3 is 0 Å². The molecule has 1 amide bonds. The number of benzene rings is 1. The Balaban J connectivity index is 1.22. The van der Waals surface area contributed by atoms with Gasteiger partial charge in [0, 0.05) is 60.3 Å². The van der Waals surface area contributed by atoms with Crippen LogP contribution in [-0.4, -0.2) is 61.4 Å². The Morgan fingerprint density at radius 1 is 1.29 bits per heavy atom. The number of amides is 1. The molecule has 10 heteroatoms. The summed E-state index contributed by atoms with van der Waals surface area (Å²) in [5.74, 6) is -3.05. The highest BCUT2D eigenvalue weighted by atomic mass is 19.1. The monoisotopic (exact) mass is 565 g/mol. The lowest BCUT2D eigenvalue weighted by Gasteiger charge is -2.36. The molecule has 6 unspecified atom stereocenters. The van der Waals surface area contributed by atoms with Crippen LogP contribution < -0.4 is 11.1 Å². The van der Waals surface area contributed by atoms with Crippen molar-refractivity contribution in [2.24, 2.45) is 33.9 Å². The van der Waals surface area contributed by atoms with E-state index in [1.807, 2.05) is 36.3 Å². The van der Waals surface area contributed by atoms with Gasteiger partial charge in [-0.1, -0.05) is 37.6 Å². The second-order valence-electron chi connectivity index (χ2n) is 12.0. The first-order chi connectivity index (χ1) is 19.7. The van der Waals surface area contributed by atoms with Crippen molar-refractivity contribution in [1.29, 1.82) is 5.41 Å². The lowest BCUT2D eigenvalue weighted by atomic mass is 9.79. The van der Waals surface area contributed by atoms with Gasteiger partial charge in [0.25, 0.3) is 0 Å². The van der Waals surface area contributed by atoms with E-state index in [0.29, 0.717) is 30.1 Å². The normalized spacial score (nSPS) is 35.0. The number of nitrogens with one attached hydrogen (secondary N) is 2. The second kappa shape index (κ2) is 10.6. The summed E-state index contributed by atoms with van der Waals surface area (Å²) in [6.07, 6.45) is 12.5. The van der Waals surface area contributed by atoms with Crippen molar-refractivity contribution in [3.63, 3.8) is 0 Å². The number of epoxide rings is 1. The van der Waals surface area contributed by atoms with Gasteiger partial charge < -0.3 is 25.9 Å². The van der Waals surface area contributed by atoms with E-state index in [2.05, 4.69) is 10.3 Å². The molecular formula is C31H37F2N5O3. The van der Waals surface area contributed by atoms with E-state index in [1.54, 1.807) is 6.20 Å². The highest BCUT2D eigenvalue weighted by molar-refractivity contribution is 6.11. The first-order valence-corrected chi connectivity index (χ1v) is 14.4. The SMILES string of the molecule is COC1(C(c2c(F)cccc2F)N2CCCC[C@@H](NC(=O)C3C=C(C(=N)C45C=CN=CC4C5)C(N)=CC3C)C2)CO1. The summed E-state index contributed by atoms with van der Waals surface area (Å²) in [5.41, 5.74) is 7.46. The molecule has 41 heavy (non-hydrogen) atoms. The van der Waals surface area contributed by atoms with Gasteiger partial charge in [0.05, 0.1) is 17.7 Å².